The van der Waals surface area contributed by atoms with E-state index in [1.54, 1.807) is 19.2 Å². The molecule has 0 aliphatic carbocycles. The van der Waals surface area contributed by atoms with E-state index < -0.39 is 0 Å². The van der Waals surface area contributed by atoms with Crippen LogP contribution >= 0.6 is 0 Å². The first-order valence-corrected chi connectivity index (χ1v) is 5.95. The summed E-state index contributed by atoms with van der Waals surface area (Å²) in [6.45, 7) is 0. The molecular formula is C16H12O3. The molecule has 0 spiro atoms. The van der Waals surface area contributed by atoms with Gasteiger partial charge in [0.05, 0.1) is 7.11 Å². The third kappa shape index (κ3) is 2.10. The van der Waals surface area contributed by atoms with Gasteiger partial charge in [0.2, 0.25) is 0 Å². The Labute approximate surface area is 110 Å². The fourth-order valence-electron chi connectivity index (χ4n) is 2.12. The largest absolute Gasteiger partial charge is 0.496 e. The summed E-state index contributed by atoms with van der Waals surface area (Å²) in [5.74, 6) is 0.819. The van der Waals surface area contributed by atoms with Crippen LogP contribution in [0.1, 0.15) is 0 Å². The summed E-state index contributed by atoms with van der Waals surface area (Å²) in [5, 5.41) is 0.892. The number of hydrogen-bond donors (Lipinski definition) is 0. The minimum Gasteiger partial charge on any atom is -0.496 e. The Morgan fingerprint density at radius 3 is 2.68 bits per heavy atom. The molecule has 1 heterocycles. The van der Waals surface area contributed by atoms with Crippen LogP contribution in [0.3, 0.4) is 0 Å². The van der Waals surface area contributed by atoms with Gasteiger partial charge in [0.15, 0.2) is 0 Å². The monoisotopic (exact) mass is 252 g/mol. The Kier molecular flexibility index (Phi) is 2.80. The van der Waals surface area contributed by atoms with Gasteiger partial charge in [-0.3, -0.25) is 0 Å². The fraction of sp³-hybridized carbons (Fsp3) is 0.0625. The fourth-order valence-corrected chi connectivity index (χ4v) is 2.12. The van der Waals surface area contributed by atoms with Crippen LogP contribution in [0.5, 0.6) is 5.75 Å². The molecule has 1 aromatic heterocycles. The van der Waals surface area contributed by atoms with Crippen LogP contribution in [0.15, 0.2) is 63.8 Å². The summed E-state index contributed by atoms with van der Waals surface area (Å²) in [7, 11) is 1.65. The topological polar surface area (TPSA) is 39.4 Å². The van der Waals surface area contributed by atoms with Crippen molar-refractivity contribution in [1.82, 2.24) is 0 Å². The molecule has 0 fully saturated rings. The molecule has 0 unspecified atom stereocenters. The molecule has 19 heavy (non-hydrogen) atoms. The van der Waals surface area contributed by atoms with Crippen molar-refractivity contribution in [3.05, 3.63) is 65.0 Å². The van der Waals surface area contributed by atoms with Crippen LogP contribution in [0.2, 0.25) is 0 Å². The highest BCUT2D eigenvalue weighted by atomic mass is 16.5. The van der Waals surface area contributed by atoms with Gasteiger partial charge < -0.3 is 9.15 Å². The molecule has 2 aromatic carbocycles. The molecule has 94 valence electrons. The van der Waals surface area contributed by atoms with Gasteiger partial charge in [-0.2, -0.15) is 0 Å². The molecule has 3 rings (SSSR count). The van der Waals surface area contributed by atoms with Crippen LogP contribution in [-0.4, -0.2) is 7.11 Å². The number of methoxy groups -OCH3 is 1. The number of benzene rings is 2. The Hall–Kier alpha value is -2.55. The summed E-state index contributed by atoms with van der Waals surface area (Å²) in [5.41, 5.74) is 2.29. The van der Waals surface area contributed by atoms with Crippen molar-refractivity contribution in [3.63, 3.8) is 0 Å². The molecule has 0 saturated carbocycles. The lowest BCUT2D eigenvalue weighted by Crippen LogP contribution is -1.94. The lowest BCUT2D eigenvalue weighted by molar-refractivity contribution is 0.416. The first-order valence-electron chi connectivity index (χ1n) is 5.95. The van der Waals surface area contributed by atoms with Crippen molar-refractivity contribution >= 4 is 11.0 Å². The lowest BCUT2D eigenvalue weighted by atomic mass is 10.0. The average Bonchev–Trinajstić information content (AvgIpc) is 2.46. The Morgan fingerprint density at radius 2 is 1.84 bits per heavy atom. The van der Waals surface area contributed by atoms with Gasteiger partial charge in [-0.25, -0.2) is 4.79 Å². The molecule has 3 aromatic rings. The van der Waals surface area contributed by atoms with Crippen LogP contribution in [-0.2, 0) is 0 Å². The molecule has 0 saturated heterocycles. The predicted molar refractivity (Wildman–Crippen MR) is 74.5 cm³/mol. The maximum atomic E-state index is 11.2. The molecule has 3 heteroatoms. The number of fused-ring (bicyclic) bond motifs is 1. The SMILES string of the molecule is COc1ccccc1-c1ccc2oc(=O)ccc2c1. The number of para-hydroxylation sites is 1. The molecule has 3 nitrogen and oxygen atoms in total. The highest BCUT2D eigenvalue weighted by Crippen LogP contribution is 2.31. The van der Waals surface area contributed by atoms with E-state index in [9.17, 15) is 4.79 Å². The molecule has 0 N–H and O–H groups in total. The van der Waals surface area contributed by atoms with Crippen molar-refractivity contribution in [2.24, 2.45) is 0 Å². The van der Waals surface area contributed by atoms with Crippen LogP contribution < -0.4 is 10.4 Å². The number of hydrogen-bond acceptors (Lipinski definition) is 3. The first-order chi connectivity index (χ1) is 9.28. The Balaban J connectivity index is 2.20. The highest BCUT2D eigenvalue weighted by Gasteiger charge is 2.06. The Morgan fingerprint density at radius 1 is 1.00 bits per heavy atom. The van der Waals surface area contributed by atoms with Gasteiger partial charge in [0.1, 0.15) is 11.3 Å². The predicted octanol–water partition coefficient (Wildman–Crippen LogP) is 3.47. The van der Waals surface area contributed by atoms with Gasteiger partial charge in [-0.1, -0.05) is 24.3 Å². The Bertz CT molecular complexity index is 787. The third-order valence-corrected chi connectivity index (χ3v) is 3.04. The summed E-state index contributed by atoms with van der Waals surface area (Å²) < 4.78 is 10.5. The maximum absolute atomic E-state index is 11.2. The second-order valence-electron chi connectivity index (χ2n) is 4.21. The highest BCUT2D eigenvalue weighted by molar-refractivity contribution is 5.84. The third-order valence-electron chi connectivity index (χ3n) is 3.04. The van der Waals surface area contributed by atoms with Crippen molar-refractivity contribution in [2.75, 3.05) is 7.11 Å². The van der Waals surface area contributed by atoms with E-state index in [1.807, 2.05) is 36.4 Å². The van der Waals surface area contributed by atoms with Gasteiger partial charge in [-0.15, -0.1) is 0 Å². The first kappa shape index (κ1) is 11.5. The zero-order chi connectivity index (χ0) is 13.2. The smallest absolute Gasteiger partial charge is 0.336 e. The molecule has 0 radical (unpaired) electrons. The zero-order valence-corrected chi connectivity index (χ0v) is 10.4. The quantitative estimate of drug-likeness (QED) is 0.655. The van der Waals surface area contributed by atoms with E-state index in [0.29, 0.717) is 5.58 Å². The van der Waals surface area contributed by atoms with Crippen molar-refractivity contribution in [3.8, 4) is 16.9 Å². The van der Waals surface area contributed by atoms with E-state index in [-0.39, 0.29) is 5.63 Å². The second kappa shape index (κ2) is 4.61. The van der Waals surface area contributed by atoms with Crippen molar-refractivity contribution in [2.45, 2.75) is 0 Å². The summed E-state index contributed by atoms with van der Waals surface area (Å²) in [4.78, 5) is 11.2. The average molecular weight is 252 g/mol. The molecule has 0 bridgehead atoms. The van der Waals surface area contributed by atoms with Gasteiger partial charge in [0.25, 0.3) is 0 Å². The standard InChI is InChI=1S/C16H12O3/c1-18-15-5-3-2-4-13(15)11-6-8-14-12(10-11)7-9-16(17)19-14/h2-10H,1H3. The zero-order valence-electron chi connectivity index (χ0n) is 10.4. The van der Waals surface area contributed by atoms with Gasteiger partial charge in [-0.05, 0) is 29.8 Å². The van der Waals surface area contributed by atoms with E-state index in [0.717, 1.165) is 22.3 Å². The second-order valence-corrected chi connectivity index (χ2v) is 4.21. The minimum absolute atomic E-state index is 0.336. The summed E-state index contributed by atoms with van der Waals surface area (Å²) in [6.07, 6.45) is 0. The van der Waals surface area contributed by atoms with E-state index in [4.69, 9.17) is 9.15 Å². The lowest BCUT2D eigenvalue weighted by Gasteiger charge is -2.08. The maximum Gasteiger partial charge on any atom is 0.336 e. The van der Waals surface area contributed by atoms with E-state index in [2.05, 4.69) is 0 Å². The molecular weight excluding hydrogens is 240 g/mol. The van der Waals surface area contributed by atoms with Crippen molar-refractivity contribution < 1.29 is 9.15 Å². The van der Waals surface area contributed by atoms with Crippen LogP contribution in [0, 0.1) is 0 Å². The number of ether oxygens (including phenoxy) is 1. The van der Waals surface area contributed by atoms with E-state index in [1.165, 1.54) is 6.07 Å². The molecule has 0 aliphatic heterocycles. The van der Waals surface area contributed by atoms with Crippen LogP contribution in [0.4, 0.5) is 0 Å². The van der Waals surface area contributed by atoms with Gasteiger partial charge >= 0.3 is 5.63 Å². The van der Waals surface area contributed by atoms with E-state index >= 15 is 0 Å². The van der Waals surface area contributed by atoms with Gasteiger partial charge in [0, 0.05) is 17.0 Å². The molecule has 0 atom stereocenters. The summed E-state index contributed by atoms with van der Waals surface area (Å²) >= 11 is 0. The molecule has 0 aliphatic rings. The van der Waals surface area contributed by atoms with Crippen molar-refractivity contribution in [1.29, 1.82) is 0 Å². The van der Waals surface area contributed by atoms with Crippen LogP contribution in [0.25, 0.3) is 22.1 Å². The number of rotatable bonds is 2. The summed E-state index contributed by atoms with van der Waals surface area (Å²) in [6, 6.07) is 16.7. The normalized spacial score (nSPS) is 10.6. The molecule has 0 amide bonds. The minimum atomic E-state index is -0.336.